The molecular weight excluding hydrogens is 193 g/mol. The molecule has 0 fully saturated rings. The lowest BCUT2D eigenvalue weighted by atomic mass is 10.2. The second-order valence-electron chi connectivity index (χ2n) is 2.90. The van der Waals surface area contributed by atoms with Crippen molar-refractivity contribution in [3.8, 4) is 5.75 Å². The van der Waals surface area contributed by atoms with Gasteiger partial charge in [0.2, 0.25) is 0 Å². The van der Waals surface area contributed by atoms with Crippen molar-refractivity contribution < 1.29 is 9.13 Å². The number of halogens is 2. The number of nitrogens with one attached hydrogen (secondary N) is 1. The summed E-state index contributed by atoms with van der Waals surface area (Å²) >= 11 is 5.71. The Bertz CT molecular complexity index is 330. The fourth-order valence-electron chi connectivity index (χ4n) is 1.35. The summed E-state index contributed by atoms with van der Waals surface area (Å²) in [5.41, 5.74) is 0.780. The van der Waals surface area contributed by atoms with Gasteiger partial charge in [-0.15, -0.1) is 0 Å². The molecule has 2 rings (SSSR count). The third kappa shape index (κ3) is 1.76. The molecule has 0 aliphatic carbocycles. The van der Waals surface area contributed by atoms with Crippen LogP contribution in [-0.4, -0.2) is 13.2 Å². The zero-order valence-electron chi connectivity index (χ0n) is 6.94. The van der Waals surface area contributed by atoms with Crippen LogP contribution in [0.4, 0.5) is 4.39 Å². The second kappa shape index (κ2) is 3.52. The van der Waals surface area contributed by atoms with Gasteiger partial charge in [0.05, 0.1) is 0 Å². The third-order valence-electron chi connectivity index (χ3n) is 1.93. The van der Waals surface area contributed by atoms with Crippen molar-refractivity contribution in [3.05, 3.63) is 28.5 Å². The summed E-state index contributed by atoms with van der Waals surface area (Å²) in [5, 5.41) is 3.51. The number of rotatable bonds is 0. The van der Waals surface area contributed by atoms with E-state index in [0.717, 1.165) is 12.1 Å². The summed E-state index contributed by atoms with van der Waals surface area (Å²) in [6, 6.07) is 2.99. The summed E-state index contributed by atoms with van der Waals surface area (Å²) in [6.07, 6.45) is 0. The minimum absolute atomic E-state index is 0.328. The zero-order chi connectivity index (χ0) is 9.26. The molecule has 0 atom stereocenters. The van der Waals surface area contributed by atoms with E-state index in [0.29, 0.717) is 23.9 Å². The van der Waals surface area contributed by atoms with Crippen molar-refractivity contribution in [2.45, 2.75) is 6.54 Å². The van der Waals surface area contributed by atoms with Gasteiger partial charge in [-0.05, 0) is 12.1 Å². The monoisotopic (exact) mass is 201 g/mol. The second-order valence-corrected chi connectivity index (χ2v) is 3.34. The third-order valence-corrected chi connectivity index (χ3v) is 2.14. The molecule has 0 aromatic heterocycles. The number of benzene rings is 1. The van der Waals surface area contributed by atoms with Crippen molar-refractivity contribution in [3.63, 3.8) is 0 Å². The van der Waals surface area contributed by atoms with Gasteiger partial charge in [0.25, 0.3) is 0 Å². The van der Waals surface area contributed by atoms with Gasteiger partial charge < -0.3 is 10.1 Å². The lowest BCUT2D eigenvalue weighted by Gasteiger charge is -2.07. The topological polar surface area (TPSA) is 21.3 Å². The van der Waals surface area contributed by atoms with Crippen LogP contribution in [0.25, 0.3) is 0 Å². The smallest absolute Gasteiger partial charge is 0.166 e. The Kier molecular flexibility index (Phi) is 2.38. The van der Waals surface area contributed by atoms with Crippen LogP contribution in [0, 0.1) is 5.82 Å². The molecule has 0 spiro atoms. The van der Waals surface area contributed by atoms with Gasteiger partial charge in [-0.2, -0.15) is 0 Å². The Morgan fingerprint density at radius 1 is 1.46 bits per heavy atom. The fourth-order valence-corrected chi connectivity index (χ4v) is 1.58. The quantitative estimate of drug-likeness (QED) is 0.693. The number of hydrogen-bond acceptors (Lipinski definition) is 2. The molecule has 1 N–H and O–H groups in total. The first kappa shape index (κ1) is 8.78. The van der Waals surface area contributed by atoms with Crippen molar-refractivity contribution in [2.24, 2.45) is 0 Å². The van der Waals surface area contributed by atoms with E-state index < -0.39 is 0 Å². The summed E-state index contributed by atoms with van der Waals surface area (Å²) in [4.78, 5) is 0. The first-order chi connectivity index (χ1) is 6.27. The Balaban J connectivity index is 2.47. The molecule has 0 saturated carbocycles. The molecule has 4 heteroatoms. The zero-order valence-corrected chi connectivity index (χ0v) is 7.70. The Morgan fingerprint density at radius 3 is 3.15 bits per heavy atom. The molecule has 2 nitrogen and oxygen atoms in total. The predicted octanol–water partition coefficient (Wildman–Crippen LogP) is 1.96. The van der Waals surface area contributed by atoms with Crippen LogP contribution in [0.15, 0.2) is 12.1 Å². The van der Waals surface area contributed by atoms with E-state index in [1.54, 1.807) is 6.07 Å². The highest BCUT2D eigenvalue weighted by Crippen LogP contribution is 2.27. The minimum Gasteiger partial charge on any atom is -0.489 e. The van der Waals surface area contributed by atoms with E-state index in [1.807, 2.05) is 0 Å². The van der Waals surface area contributed by atoms with Gasteiger partial charge in [-0.25, -0.2) is 4.39 Å². The summed E-state index contributed by atoms with van der Waals surface area (Å²) < 4.78 is 18.5. The van der Waals surface area contributed by atoms with E-state index in [-0.39, 0.29) is 5.82 Å². The van der Waals surface area contributed by atoms with Crippen LogP contribution >= 0.6 is 11.6 Å². The average molecular weight is 202 g/mol. The van der Waals surface area contributed by atoms with Crippen LogP contribution in [0.2, 0.25) is 5.02 Å². The van der Waals surface area contributed by atoms with E-state index in [4.69, 9.17) is 16.3 Å². The van der Waals surface area contributed by atoms with Crippen LogP contribution in [0.3, 0.4) is 0 Å². The van der Waals surface area contributed by atoms with Gasteiger partial charge in [0.1, 0.15) is 6.61 Å². The molecule has 0 amide bonds. The van der Waals surface area contributed by atoms with Crippen LogP contribution < -0.4 is 10.1 Å². The highest BCUT2D eigenvalue weighted by molar-refractivity contribution is 6.30. The molecule has 1 aromatic rings. The highest BCUT2D eigenvalue weighted by atomic mass is 35.5. The molecule has 1 aromatic carbocycles. The molecule has 0 saturated heterocycles. The van der Waals surface area contributed by atoms with Crippen molar-refractivity contribution in [1.29, 1.82) is 0 Å². The molecular formula is C9H9ClFNO. The van der Waals surface area contributed by atoms with Crippen molar-refractivity contribution >= 4 is 11.6 Å². The summed E-state index contributed by atoms with van der Waals surface area (Å²) in [5.74, 6) is -0.0550. The van der Waals surface area contributed by atoms with Gasteiger partial charge >= 0.3 is 0 Å². The van der Waals surface area contributed by atoms with Gasteiger partial charge in [0, 0.05) is 23.7 Å². The number of fused-ring (bicyclic) bond motifs is 1. The maximum absolute atomic E-state index is 13.3. The first-order valence-corrected chi connectivity index (χ1v) is 4.46. The number of ether oxygens (including phenoxy) is 1. The fraction of sp³-hybridized carbons (Fsp3) is 0.333. The number of hydrogen-bond donors (Lipinski definition) is 1. The molecule has 1 aliphatic rings. The maximum atomic E-state index is 13.3. The Labute approximate surface area is 80.7 Å². The molecule has 13 heavy (non-hydrogen) atoms. The molecule has 70 valence electrons. The Morgan fingerprint density at radius 2 is 2.31 bits per heavy atom. The largest absolute Gasteiger partial charge is 0.489 e. The molecule has 0 radical (unpaired) electrons. The lowest BCUT2D eigenvalue weighted by Crippen LogP contribution is -2.16. The van der Waals surface area contributed by atoms with E-state index in [1.165, 1.54) is 6.07 Å². The molecule has 0 unspecified atom stereocenters. The van der Waals surface area contributed by atoms with Crippen molar-refractivity contribution in [1.82, 2.24) is 5.32 Å². The normalized spacial score (nSPS) is 15.8. The SMILES string of the molecule is Fc1cc(Cl)cc2c1OCCNC2. The Hall–Kier alpha value is -0.800. The maximum Gasteiger partial charge on any atom is 0.166 e. The lowest BCUT2D eigenvalue weighted by molar-refractivity contribution is 0.309. The van der Waals surface area contributed by atoms with Crippen LogP contribution in [-0.2, 0) is 6.54 Å². The molecule has 1 heterocycles. The first-order valence-electron chi connectivity index (χ1n) is 4.09. The predicted molar refractivity (Wildman–Crippen MR) is 48.6 cm³/mol. The summed E-state index contributed by atoms with van der Waals surface area (Å²) in [7, 11) is 0. The summed E-state index contributed by atoms with van der Waals surface area (Å²) in [6.45, 7) is 1.82. The van der Waals surface area contributed by atoms with Gasteiger partial charge in [-0.3, -0.25) is 0 Å². The van der Waals surface area contributed by atoms with Crippen LogP contribution in [0.1, 0.15) is 5.56 Å². The molecule has 0 bridgehead atoms. The van der Waals surface area contributed by atoms with E-state index in [9.17, 15) is 4.39 Å². The highest BCUT2D eigenvalue weighted by Gasteiger charge is 2.13. The van der Waals surface area contributed by atoms with E-state index in [2.05, 4.69) is 5.32 Å². The van der Waals surface area contributed by atoms with E-state index >= 15 is 0 Å². The van der Waals surface area contributed by atoms with Gasteiger partial charge in [-0.1, -0.05) is 11.6 Å². The minimum atomic E-state index is -0.383. The van der Waals surface area contributed by atoms with Crippen molar-refractivity contribution in [2.75, 3.05) is 13.2 Å². The van der Waals surface area contributed by atoms with Gasteiger partial charge in [0.15, 0.2) is 11.6 Å². The molecule has 1 aliphatic heterocycles. The standard InChI is InChI=1S/C9H9ClFNO/c10-7-3-6-5-12-1-2-13-9(6)8(11)4-7/h3-4,12H,1-2,5H2. The van der Waals surface area contributed by atoms with Crippen LogP contribution in [0.5, 0.6) is 5.75 Å². The average Bonchev–Trinajstić information content (AvgIpc) is 2.28.